The number of aromatic nitrogens is 2. The molecule has 144 valence electrons. The molecule has 7 nitrogen and oxygen atoms in total. The smallest absolute Gasteiger partial charge is 0.229 e. The normalized spacial score (nSPS) is 15.4. The highest BCUT2D eigenvalue weighted by atomic mass is 16.5. The Morgan fingerprint density at radius 1 is 1.32 bits per heavy atom. The second-order valence-electron chi connectivity index (χ2n) is 6.80. The minimum atomic E-state index is -0.245. The maximum absolute atomic E-state index is 12.9. The first-order valence-corrected chi connectivity index (χ1v) is 9.04. The first-order valence-electron chi connectivity index (χ1n) is 9.04. The molecule has 0 N–H and O–H groups in total. The molecule has 2 aromatic heterocycles. The highest BCUT2D eigenvalue weighted by Crippen LogP contribution is 2.31. The van der Waals surface area contributed by atoms with E-state index < -0.39 is 0 Å². The van der Waals surface area contributed by atoms with Gasteiger partial charge in [-0.25, -0.2) is 0 Å². The minimum absolute atomic E-state index is 0.00722. The number of amides is 1. The summed E-state index contributed by atoms with van der Waals surface area (Å²) in [5.74, 6) is 1.95. The number of carbonyl (C=O) groups excluding carboxylic acids is 1. The molecule has 4 rings (SSSR count). The highest BCUT2D eigenvalue weighted by molar-refractivity contribution is 5.79. The molecule has 0 spiro atoms. The van der Waals surface area contributed by atoms with E-state index >= 15 is 0 Å². The van der Waals surface area contributed by atoms with Crippen molar-refractivity contribution in [2.24, 2.45) is 5.92 Å². The van der Waals surface area contributed by atoms with Crippen LogP contribution in [0.4, 0.5) is 0 Å². The maximum Gasteiger partial charge on any atom is 0.229 e. The fourth-order valence-electron chi connectivity index (χ4n) is 3.32. The Balaban J connectivity index is 1.42. The molecule has 0 fully saturated rings. The Kier molecular flexibility index (Phi) is 4.97. The molecule has 1 aromatic carbocycles. The first-order chi connectivity index (χ1) is 13.6. The van der Waals surface area contributed by atoms with Crippen LogP contribution in [-0.2, 0) is 17.8 Å². The van der Waals surface area contributed by atoms with E-state index in [0.29, 0.717) is 31.0 Å². The average Bonchev–Trinajstić information content (AvgIpc) is 3.21. The fourth-order valence-corrected chi connectivity index (χ4v) is 3.32. The molecular weight excluding hydrogens is 358 g/mol. The Bertz CT molecular complexity index is 971. The predicted molar refractivity (Wildman–Crippen MR) is 102 cm³/mol. The third-order valence-corrected chi connectivity index (χ3v) is 4.81. The lowest BCUT2D eigenvalue weighted by molar-refractivity contribution is -0.136. The Hall–Kier alpha value is -3.35. The van der Waals surface area contributed by atoms with E-state index in [9.17, 15) is 4.79 Å². The lowest BCUT2D eigenvalue weighted by atomic mass is 9.95. The third kappa shape index (κ3) is 3.69. The summed E-state index contributed by atoms with van der Waals surface area (Å²) in [6.45, 7) is 0.702. The van der Waals surface area contributed by atoms with E-state index in [-0.39, 0.29) is 11.8 Å². The second-order valence-corrected chi connectivity index (χ2v) is 6.80. The maximum atomic E-state index is 12.9. The molecule has 0 saturated heterocycles. The third-order valence-electron chi connectivity index (χ3n) is 4.81. The summed E-state index contributed by atoms with van der Waals surface area (Å²) in [5.41, 5.74) is 2.56. The molecule has 7 heteroatoms. The number of benzene rings is 1. The molecule has 1 aliphatic heterocycles. The zero-order valence-electron chi connectivity index (χ0n) is 15.8. The molecule has 0 aliphatic carbocycles. The monoisotopic (exact) mass is 379 g/mol. The molecule has 28 heavy (non-hydrogen) atoms. The van der Waals surface area contributed by atoms with E-state index in [4.69, 9.17) is 14.0 Å². The van der Waals surface area contributed by atoms with Gasteiger partial charge >= 0.3 is 0 Å². The van der Waals surface area contributed by atoms with E-state index in [1.165, 1.54) is 0 Å². The summed E-state index contributed by atoms with van der Waals surface area (Å²) in [7, 11) is 3.38. The van der Waals surface area contributed by atoms with Gasteiger partial charge in [0.25, 0.3) is 0 Å². The number of ether oxygens (including phenoxy) is 2. The second kappa shape index (κ2) is 7.72. The van der Waals surface area contributed by atoms with Gasteiger partial charge in [-0.15, -0.1) is 0 Å². The van der Waals surface area contributed by atoms with Crippen LogP contribution in [0.25, 0.3) is 11.3 Å². The van der Waals surface area contributed by atoms with Crippen LogP contribution in [-0.4, -0.2) is 41.7 Å². The van der Waals surface area contributed by atoms with Gasteiger partial charge in [0.05, 0.1) is 19.6 Å². The van der Waals surface area contributed by atoms with Crippen molar-refractivity contribution in [3.05, 3.63) is 60.1 Å². The summed E-state index contributed by atoms with van der Waals surface area (Å²) in [6.07, 6.45) is 4.05. The number of pyridine rings is 1. The standard InChI is InChI=1S/C21H21N3O4/c1-24(12-18-10-19(23-28-18)14-4-3-7-22-11-14)21(25)16-8-15-9-17(26-2)5-6-20(15)27-13-16/h3-7,9-11,16H,8,12-13H2,1-2H3/t16-/m1/s1. The molecule has 0 saturated carbocycles. The molecule has 1 aliphatic rings. The van der Waals surface area contributed by atoms with Crippen LogP contribution in [0.2, 0.25) is 0 Å². The summed E-state index contributed by atoms with van der Waals surface area (Å²) >= 11 is 0. The molecule has 0 unspecified atom stereocenters. The molecule has 0 radical (unpaired) electrons. The van der Waals surface area contributed by atoms with Crippen LogP contribution in [0.3, 0.4) is 0 Å². The lowest BCUT2D eigenvalue weighted by Gasteiger charge is -2.28. The number of hydrogen-bond acceptors (Lipinski definition) is 6. The van der Waals surface area contributed by atoms with Crippen molar-refractivity contribution < 1.29 is 18.8 Å². The number of nitrogens with zero attached hydrogens (tertiary/aromatic N) is 3. The van der Waals surface area contributed by atoms with Gasteiger partial charge in [0.15, 0.2) is 5.76 Å². The zero-order chi connectivity index (χ0) is 19.5. The van der Waals surface area contributed by atoms with Crippen molar-refractivity contribution >= 4 is 5.91 Å². The van der Waals surface area contributed by atoms with Crippen LogP contribution in [0.1, 0.15) is 11.3 Å². The van der Waals surface area contributed by atoms with Gasteiger partial charge < -0.3 is 18.9 Å². The van der Waals surface area contributed by atoms with Gasteiger partial charge in [0, 0.05) is 31.1 Å². The van der Waals surface area contributed by atoms with E-state index in [2.05, 4.69) is 10.1 Å². The molecular formula is C21H21N3O4. The predicted octanol–water partition coefficient (Wildman–Crippen LogP) is 2.95. The average molecular weight is 379 g/mol. The SMILES string of the molecule is COc1ccc2c(c1)C[C@@H](C(=O)N(C)Cc1cc(-c3cccnc3)no1)CO2. The Labute approximate surface area is 162 Å². The fraction of sp³-hybridized carbons (Fsp3) is 0.286. The van der Waals surface area contributed by atoms with Crippen molar-refractivity contribution in [1.29, 1.82) is 0 Å². The Morgan fingerprint density at radius 2 is 2.21 bits per heavy atom. The van der Waals surface area contributed by atoms with Crippen LogP contribution in [0.15, 0.2) is 53.3 Å². The van der Waals surface area contributed by atoms with Crippen molar-refractivity contribution in [3.63, 3.8) is 0 Å². The van der Waals surface area contributed by atoms with E-state index in [1.807, 2.05) is 36.4 Å². The number of carbonyl (C=O) groups is 1. The Morgan fingerprint density at radius 3 is 3.00 bits per heavy atom. The minimum Gasteiger partial charge on any atom is -0.497 e. The number of hydrogen-bond donors (Lipinski definition) is 0. The lowest BCUT2D eigenvalue weighted by Crippen LogP contribution is -2.38. The van der Waals surface area contributed by atoms with Crippen LogP contribution >= 0.6 is 0 Å². The molecule has 3 heterocycles. The molecule has 1 amide bonds. The molecule has 0 bridgehead atoms. The first kappa shape index (κ1) is 18.0. The topological polar surface area (TPSA) is 77.7 Å². The summed E-state index contributed by atoms with van der Waals surface area (Å²) < 4.78 is 16.4. The van der Waals surface area contributed by atoms with Gasteiger partial charge in [-0.3, -0.25) is 9.78 Å². The molecule has 1 atom stereocenters. The summed E-state index contributed by atoms with van der Waals surface area (Å²) in [5, 5.41) is 4.07. The van der Waals surface area contributed by atoms with E-state index in [0.717, 1.165) is 22.6 Å². The van der Waals surface area contributed by atoms with Gasteiger partial charge in [-0.2, -0.15) is 0 Å². The van der Waals surface area contributed by atoms with Crippen LogP contribution in [0, 0.1) is 5.92 Å². The summed E-state index contributed by atoms with van der Waals surface area (Å²) in [4.78, 5) is 18.6. The van der Waals surface area contributed by atoms with Gasteiger partial charge in [0.2, 0.25) is 5.91 Å². The largest absolute Gasteiger partial charge is 0.497 e. The zero-order valence-corrected chi connectivity index (χ0v) is 15.8. The van der Waals surface area contributed by atoms with Crippen LogP contribution < -0.4 is 9.47 Å². The quantitative estimate of drug-likeness (QED) is 0.678. The number of methoxy groups -OCH3 is 1. The van der Waals surface area contributed by atoms with E-state index in [1.54, 1.807) is 31.5 Å². The van der Waals surface area contributed by atoms with Gasteiger partial charge in [-0.1, -0.05) is 5.16 Å². The highest BCUT2D eigenvalue weighted by Gasteiger charge is 2.29. The van der Waals surface area contributed by atoms with Crippen molar-refractivity contribution in [1.82, 2.24) is 15.0 Å². The number of rotatable bonds is 5. The number of fused-ring (bicyclic) bond motifs is 1. The van der Waals surface area contributed by atoms with Crippen LogP contribution in [0.5, 0.6) is 11.5 Å². The van der Waals surface area contributed by atoms with Crippen molar-refractivity contribution in [2.45, 2.75) is 13.0 Å². The van der Waals surface area contributed by atoms with Gasteiger partial charge in [0.1, 0.15) is 23.8 Å². The van der Waals surface area contributed by atoms with Crippen molar-refractivity contribution in [2.75, 3.05) is 20.8 Å². The summed E-state index contributed by atoms with van der Waals surface area (Å²) in [6, 6.07) is 11.2. The van der Waals surface area contributed by atoms with Crippen molar-refractivity contribution in [3.8, 4) is 22.8 Å². The van der Waals surface area contributed by atoms with Gasteiger partial charge in [-0.05, 0) is 42.3 Å². The molecule has 3 aromatic rings.